The molecule has 0 aliphatic carbocycles. The molecule has 0 aliphatic rings. The normalized spacial score (nSPS) is 10.5. The lowest BCUT2D eigenvalue weighted by atomic mass is 10.2. The summed E-state index contributed by atoms with van der Waals surface area (Å²) >= 11 is 2.75. The number of non-ortho nitro benzene ring substituents is 1. The van der Waals surface area contributed by atoms with Crippen molar-refractivity contribution in [2.24, 2.45) is 0 Å². The number of nitrogens with zero attached hydrogens (tertiary/aromatic N) is 3. The summed E-state index contributed by atoms with van der Waals surface area (Å²) in [6.07, 6.45) is 0. The number of nitrogens with one attached hydrogen (secondary N) is 1. The Balaban J connectivity index is 1.47. The van der Waals surface area contributed by atoms with Crippen LogP contribution in [0, 0.1) is 10.1 Å². The Morgan fingerprint density at radius 2 is 1.85 bits per heavy atom. The van der Waals surface area contributed by atoms with Gasteiger partial charge in [-0.1, -0.05) is 53.8 Å². The first-order valence-electron chi connectivity index (χ1n) is 7.61. The van der Waals surface area contributed by atoms with E-state index < -0.39 is 4.92 Å². The monoisotopic (exact) mass is 386 g/mol. The number of thioether (sulfide) groups is 1. The molecule has 0 unspecified atom stereocenters. The molecule has 1 amide bonds. The van der Waals surface area contributed by atoms with E-state index in [0.717, 1.165) is 16.1 Å². The molecule has 0 fully saturated rings. The fourth-order valence-electron chi connectivity index (χ4n) is 2.10. The number of rotatable bonds is 7. The smallest absolute Gasteiger partial charge is 0.269 e. The Hall–Kier alpha value is -2.78. The molecule has 2 aromatic carbocycles. The first kappa shape index (κ1) is 18.0. The first-order chi connectivity index (χ1) is 12.6. The highest BCUT2D eigenvalue weighted by molar-refractivity contribution is 7.99. The van der Waals surface area contributed by atoms with Crippen molar-refractivity contribution in [3.05, 3.63) is 70.3 Å². The third kappa shape index (κ3) is 4.87. The van der Waals surface area contributed by atoms with Crippen LogP contribution in [0.15, 0.2) is 54.6 Å². The molecule has 0 atom stereocenters. The molecule has 9 heteroatoms. The van der Waals surface area contributed by atoms with Gasteiger partial charge in [-0.15, -0.1) is 22.0 Å². The highest BCUT2D eigenvalue weighted by atomic mass is 32.2. The fraction of sp³-hybridized carbons (Fsp3) is 0.118. The molecule has 0 spiro atoms. The fourth-order valence-corrected chi connectivity index (χ4v) is 3.65. The molecule has 26 heavy (non-hydrogen) atoms. The van der Waals surface area contributed by atoms with Crippen molar-refractivity contribution >= 4 is 39.8 Å². The number of aromatic nitrogens is 2. The maximum Gasteiger partial charge on any atom is 0.269 e. The predicted octanol–water partition coefficient (Wildman–Crippen LogP) is 3.99. The van der Waals surface area contributed by atoms with Gasteiger partial charge in [0.2, 0.25) is 11.0 Å². The van der Waals surface area contributed by atoms with E-state index in [1.165, 1.54) is 35.2 Å². The van der Waals surface area contributed by atoms with E-state index in [1.54, 1.807) is 12.1 Å². The third-order valence-electron chi connectivity index (χ3n) is 3.34. The molecular formula is C17H14N4O3S2. The zero-order valence-corrected chi connectivity index (χ0v) is 15.1. The Morgan fingerprint density at radius 1 is 1.12 bits per heavy atom. The second-order valence-corrected chi connectivity index (χ2v) is 7.21. The minimum Gasteiger partial charge on any atom is -0.300 e. The van der Waals surface area contributed by atoms with Gasteiger partial charge in [-0.05, 0) is 5.56 Å². The minimum absolute atomic E-state index is 0.0574. The topological polar surface area (TPSA) is 98.0 Å². The summed E-state index contributed by atoms with van der Waals surface area (Å²) in [4.78, 5) is 22.2. The Labute approximate surface area is 157 Å². The van der Waals surface area contributed by atoms with Gasteiger partial charge >= 0.3 is 0 Å². The molecule has 1 N–H and O–H groups in total. The molecule has 1 heterocycles. The summed E-state index contributed by atoms with van der Waals surface area (Å²) in [5.74, 6) is 0.696. The first-order valence-corrected chi connectivity index (χ1v) is 9.59. The number of carbonyl (C=O) groups excluding carboxylic acids is 1. The van der Waals surface area contributed by atoms with Crippen LogP contribution in [0.3, 0.4) is 0 Å². The number of carbonyl (C=O) groups is 1. The molecule has 7 nitrogen and oxygen atoms in total. The lowest BCUT2D eigenvalue weighted by Gasteiger charge is -2.02. The Bertz CT molecular complexity index is 898. The summed E-state index contributed by atoms with van der Waals surface area (Å²) in [5.41, 5.74) is 1.94. The van der Waals surface area contributed by atoms with Gasteiger partial charge in [-0.3, -0.25) is 20.2 Å². The van der Waals surface area contributed by atoms with Crippen molar-refractivity contribution in [3.63, 3.8) is 0 Å². The lowest BCUT2D eigenvalue weighted by Crippen LogP contribution is -2.13. The highest BCUT2D eigenvalue weighted by Crippen LogP contribution is 2.26. The standard InChI is InChI=1S/C17H14N4O3S2/c22-15(11-25-10-12-6-8-14(9-7-12)21(23)24)18-17-20-19-16(26-17)13-4-2-1-3-5-13/h1-9H,10-11H2,(H,18,20,22). The molecule has 3 rings (SSSR count). The van der Waals surface area contributed by atoms with E-state index in [-0.39, 0.29) is 17.3 Å². The van der Waals surface area contributed by atoms with E-state index in [2.05, 4.69) is 15.5 Å². The number of amides is 1. The minimum atomic E-state index is -0.434. The second kappa shape index (κ2) is 8.54. The molecule has 0 saturated carbocycles. The van der Waals surface area contributed by atoms with Crippen molar-refractivity contribution in [2.75, 3.05) is 11.1 Å². The van der Waals surface area contributed by atoms with Crippen LogP contribution >= 0.6 is 23.1 Å². The molecule has 0 saturated heterocycles. The Morgan fingerprint density at radius 3 is 2.54 bits per heavy atom. The zero-order chi connectivity index (χ0) is 18.4. The van der Waals surface area contributed by atoms with E-state index in [1.807, 2.05) is 30.3 Å². The summed E-state index contributed by atoms with van der Waals surface area (Å²) in [6, 6.07) is 16.0. The van der Waals surface area contributed by atoms with Crippen LogP contribution in [0.1, 0.15) is 5.56 Å². The number of nitro groups is 1. The predicted molar refractivity (Wildman–Crippen MR) is 103 cm³/mol. The van der Waals surface area contributed by atoms with Gasteiger partial charge in [0.25, 0.3) is 5.69 Å². The highest BCUT2D eigenvalue weighted by Gasteiger charge is 2.10. The SMILES string of the molecule is O=C(CSCc1ccc([N+](=O)[O-])cc1)Nc1nnc(-c2ccccc2)s1. The largest absolute Gasteiger partial charge is 0.300 e. The summed E-state index contributed by atoms with van der Waals surface area (Å²) in [5, 5.41) is 22.6. The molecule has 0 bridgehead atoms. The number of hydrogen-bond donors (Lipinski definition) is 1. The maximum atomic E-state index is 12.0. The molecule has 0 radical (unpaired) electrons. The average molecular weight is 386 g/mol. The Kier molecular flexibility index (Phi) is 5.92. The van der Waals surface area contributed by atoms with Crippen molar-refractivity contribution in [3.8, 4) is 10.6 Å². The van der Waals surface area contributed by atoms with Crippen LogP contribution in [-0.2, 0) is 10.5 Å². The van der Waals surface area contributed by atoms with Gasteiger partial charge in [0.05, 0.1) is 10.7 Å². The summed E-state index contributed by atoms with van der Waals surface area (Å²) in [6.45, 7) is 0. The van der Waals surface area contributed by atoms with Crippen LogP contribution in [0.5, 0.6) is 0 Å². The van der Waals surface area contributed by atoms with Crippen molar-refractivity contribution in [1.29, 1.82) is 0 Å². The third-order valence-corrected chi connectivity index (χ3v) is 5.23. The molecular weight excluding hydrogens is 372 g/mol. The molecule has 132 valence electrons. The quantitative estimate of drug-likeness (QED) is 0.487. The van der Waals surface area contributed by atoms with Crippen molar-refractivity contribution in [2.45, 2.75) is 5.75 Å². The van der Waals surface area contributed by atoms with Crippen LogP contribution in [0.2, 0.25) is 0 Å². The van der Waals surface area contributed by atoms with E-state index in [4.69, 9.17) is 0 Å². The number of benzene rings is 2. The van der Waals surface area contributed by atoms with Gasteiger partial charge < -0.3 is 0 Å². The number of nitro benzene ring substituents is 1. The van der Waals surface area contributed by atoms with Crippen molar-refractivity contribution in [1.82, 2.24) is 10.2 Å². The molecule has 3 aromatic rings. The van der Waals surface area contributed by atoms with Crippen LogP contribution in [0.4, 0.5) is 10.8 Å². The summed E-state index contributed by atoms with van der Waals surface area (Å²) in [7, 11) is 0. The van der Waals surface area contributed by atoms with Crippen LogP contribution in [0.25, 0.3) is 10.6 Å². The van der Waals surface area contributed by atoms with Crippen LogP contribution < -0.4 is 5.32 Å². The second-order valence-electron chi connectivity index (χ2n) is 5.24. The lowest BCUT2D eigenvalue weighted by molar-refractivity contribution is -0.384. The van der Waals surface area contributed by atoms with E-state index in [0.29, 0.717) is 10.9 Å². The number of hydrogen-bond acceptors (Lipinski definition) is 7. The zero-order valence-electron chi connectivity index (χ0n) is 13.5. The van der Waals surface area contributed by atoms with E-state index >= 15 is 0 Å². The van der Waals surface area contributed by atoms with Gasteiger partial charge in [-0.25, -0.2) is 0 Å². The average Bonchev–Trinajstić information content (AvgIpc) is 3.11. The number of anilines is 1. The van der Waals surface area contributed by atoms with Gasteiger partial charge in [0.1, 0.15) is 5.01 Å². The van der Waals surface area contributed by atoms with Crippen LogP contribution in [-0.4, -0.2) is 26.8 Å². The summed E-state index contributed by atoms with van der Waals surface area (Å²) < 4.78 is 0. The van der Waals surface area contributed by atoms with Gasteiger partial charge in [0.15, 0.2) is 0 Å². The van der Waals surface area contributed by atoms with E-state index in [9.17, 15) is 14.9 Å². The molecule has 0 aliphatic heterocycles. The van der Waals surface area contributed by atoms with Gasteiger partial charge in [0, 0.05) is 23.4 Å². The van der Waals surface area contributed by atoms with Crippen molar-refractivity contribution < 1.29 is 9.72 Å². The van der Waals surface area contributed by atoms with Gasteiger partial charge in [-0.2, -0.15) is 0 Å². The molecule has 1 aromatic heterocycles. The maximum absolute atomic E-state index is 12.0.